The highest BCUT2D eigenvalue weighted by molar-refractivity contribution is 5.59. The number of benzene rings is 2. The molecule has 2 nitrogen and oxygen atoms in total. The molecular formula is C19H18FN2. The number of aryl methyl sites for hydroxylation is 1. The maximum atomic E-state index is 13.1. The van der Waals surface area contributed by atoms with Crippen LogP contribution in [0.15, 0.2) is 54.7 Å². The van der Waals surface area contributed by atoms with E-state index in [1.165, 1.54) is 17.7 Å². The number of hydrogen-bond acceptors (Lipinski definition) is 1. The first-order valence-corrected chi connectivity index (χ1v) is 7.44. The third-order valence-electron chi connectivity index (χ3n) is 3.74. The third kappa shape index (κ3) is 2.80. The zero-order valence-corrected chi connectivity index (χ0v) is 12.6. The van der Waals surface area contributed by atoms with E-state index in [0.29, 0.717) is 0 Å². The molecule has 0 saturated heterocycles. The fourth-order valence-electron chi connectivity index (χ4n) is 2.47. The van der Waals surface area contributed by atoms with E-state index >= 15 is 0 Å². The minimum atomic E-state index is -0.234. The van der Waals surface area contributed by atoms with E-state index in [1.54, 1.807) is 12.1 Å². The number of nitrogens with zero attached hydrogens (tertiary/aromatic N) is 2. The van der Waals surface area contributed by atoms with Gasteiger partial charge in [-0.15, -0.1) is 0 Å². The van der Waals surface area contributed by atoms with E-state index in [9.17, 15) is 4.39 Å². The molecule has 0 amide bonds. The first-order valence-electron chi connectivity index (χ1n) is 7.44. The predicted octanol–water partition coefficient (Wildman–Crippen LogP) is 4.62. The molecule has 0 bridgehead atoms. The minimum absolute atomic E-state index is 0.234. The molecule has 0 aliphatic carbocycles. The van der Waals surface area contributed by atoms with Crippen molar-refractivity contribution in [1.82, 2.24) is 9.55 Å². The molecule has 3 aromatic rings. The van der Waals surface area contributed by atoms with Crippen molar-refractivity contribution in [3.05, 3.63) is 78.9 Å². The number of halogens is 1. The summed E-state index contributed by atoms with van der Waals surface area (Å²) in [4.78, 5) is 4.68. The maximum absolute atomic E-state index is 13.1. The van der Waals surface area contributed by atoms with Crippen LogP contribution in [-0.4, -0.2) is 9.55 Å². The topological polar surface area (TPSA) is 17.8 Å². The van der Waals surface area contributed by atoms with Gasteiger partial charge < -0.3 is 4.57 Å². The minimum Gasteiger partial charge on any atom is -0.303 e. The second kappa shape index (κ2) is 6.14. The molecule has 0 N–H and O–H groups in total. The van der Waals surface area contributed by atoms with Crippen LogP contribution in [0.25, 0.3) is 16.9 Å². The van der Waals surface area contributed by atoms with E-state index in [0.717, 1.165) is 35.6 Å². The van der Waals surface area contributed by atoms with Crippen LogP contribution in [0.3, 0.4) is 0 Å². The molecule has 0 aliphatic heterocycles. The van der Waals surface area contributed by atoms with Crippen LogP contribution in [0.1, 0.15) is 18.3 Å². The van der Waals surface area contributed by atoms with Crippen LogP contribution < -0.4 is 0 Å². The molecule has 0 spiro atoms. The number of aromatic nitrogens is 2. The summed E-state index contributed by atoms with van der Waals surface area (Å²) in [5.41, 5.74) is 4.07. The molecule has 2 aromatic carbocycles. The van der Waals surface area contributed by atoms with Gasteiger partial charge in [-0.2, -0.15) is 0 Å². The summed E-state index contributed by atoms with van der Waals surface area (Å²) in [5.74, 6) is 0.754. The number of rotatable bonds is 4. The molecule has 0 unspecified atom stereocenters. The summed E-state index contributed by atoms with van der Waals surface area (Å²) in [7, 11) is 0. The van der Waals surface area contributed by atoms with Crippen LogP contribution in [-0.2, 0) is 12.8 Å². The van der Waals surface area contributed by atoms with Gasteiger partial charge in [-0.05, 0) is 55.3 Å². The standard InChI is InChI=1S/C19H18FN2/c1-3-14-5-11-17(12-6-14)22-13-18(21-19(22)4-2)15-7-9-16(20)10-8-15/h5-13H,1,3-4H2,2H3. The monoisotopic (exact) mass is 293 g/mol. The van der Waals surface area contributed by atoms with Crippen molar-refractivity contribution in [2.45, 2.75) is 19.8 Å². The highest BCUT2D eigenvalue weighted by atomic mass is 19.1. The molecule has 1 heterocycles. The Kier molecular flexibility index (Phi) is 4.05. The Labute approximate surface area is 130 Å². The van der Waals surface area contributed by atoms with Crippen molar-refractivity contribution in [2.24, 2.45) is 0 Å². The Morgan fingerprint density at radius 3 is 2.32 bits per heavy atom. The van der Waals surface area contributed by atoms with Crippen molar-refractivity contribution >= 4 is 0 Å². The average molecular weight is 293 g/mol. The van der Waals surface area contributed by atoms with Gasteiger partial charge in [0, 0.05) is 23.9 Å². The van der Waals surface area contributed by atoms with E-state index in [1.807, 2.05) is 6.20 Å². The summed E-state index contributed by atoms with van der Waals surface area (Å²) in [5, 5.41) is 0. The Hall–Kier alpha value is -2.42. The molecule has 22 heavy (non-hydrogen) atoms. The van der Waals surface area contributed by atoms with Crippen LogP contribution >= 0.6 is 0 Å². The fraction of sp³-hybridized carbons (Fsp3) is 0.158. The summed E-state index contributed by atoms with van der Waals surface area (Å²) in [6.45, 7) is 5.97. The van der Waals surface area contributed by atoms with Crippen molar-refractivity contribution in [3.63, 3.8) is 0 Å². The summed E-state index contributed by atoms with van der Waals surface area (Å²) >= 11 is 0. The molecule has 1 radical (unpaired) electrons. The van der Waals surface area contributed by atoms with Crippen LogP contribution in [0.4, 0.5) is 4.39 Å². The normalized spacial score (nSPS) is 10.9. The second-order valence-electron chi connectivity index (χ2n) is 5.19. The largest absolute Gasteiger partial charge is 0.303 e. The number of hydrogen-bond donors (Lipinski definition) is 0. The Balaban J connectivity index is 2.02. The fourth-order valence-corrected chi connectivity index (χ4v) is 2.47. The smallest absolute Gasteiger partial charge is 0.123 e. The molecule has 0 saturated carbocycles. The van der Waals surface area contributed by atoms with Gasteiger partial charge in [0.05, 0.1) is 5.69 Å². The maximum Gasteiger partial charge on any atom is 0.123 e. The Morgan fingerprint density at radius 1 is 1.05 bits per heavy atom. The quantitative estimate of drug-likeness (QED) is 0.686. The van der Waals surface area contributed by atoms with Gasteiger partial charge in [-0.25, -0.2) is 9.37 Å². The van der Waals surface area contributed by atoms with Gasteiger partial charge in [0.1, 0.15) is 11.6 Å². The molecule has 0 atom stereocenters. The summed E-state index contributed by atoms with van der Waals surface area (Å²) < 4.78 is 15.1. The molecule has 0 aliphatic rings. The predicted molar refractivity (Wildman–Crippen MR) is 87.4 cm³/mol. The number of imidazole rings is 1. The lowest BCUT2D eigenvalue weighted by Gasteiger charge is -2.06. The molecule has 111 valence electrons. The van der Waals surface area contributed by atoms with Gasteiger partial charge in [-0.1, -0.05) is 19.1 Å². The lowest BCUT2D eigenvalue weighted by molar-refractivity contribution is 0.628. The van der Waals surface area contributed by atoms with Crippen molar-refractivity contribution < 1.29 is 4.39 Å². The Bertz CT molecular complexity index is 755. The van der Waals surface area contributed by atoms with Gasteiger partial charge in [0.2, 0.25) is 0 Å². The van der Waals surface area contributed by atoms with Crippen LogP contribution in [0.5, 0.6) is 0 Å². The molecular weight excluding hydrogens is 275 g/mol. The van der Waals surface area contributed by atoms with E-state index in [2.05, 4.69) is 47.7 Å². The average Bonchev–Trinajstić information content (AvgIpc) is 3.00. The van der Waals surface area contributed by atoms with Gasteiger partial charge in [0.25, 0.3) is 0 Å². The van der Waals surface area contributed by atoms with Crippen molar-refractivity contribution in [3.8, 4) is 16.9 Å². The molecule has 3 rings (SSSR count). The van der Waals surface area contributed by atoms with E-state index < -0.39 is 0 Å². The first-order chi connectivity index (χ1) is 10.7. The van der Waals surface area contributed by atoms with Crippen molar-refractivity contribution in [1.29, 1.82) is 0 Å². The highest BCUT2D eigenvalue weighted by Crippen LogP contribution is 2.22. The highest BCUT2D eigenvalue weighted by Gasteiger charge is 2.10. The lowest BCUT2D eigenvalue weighted by atomic mass is 10.1. The SMILES string of the molecule is [CH2]Cc1ccc(-n2cc(-c3ccc(F)cc3)nc2CC)cc1. The Morgan fingerprint density at radius 2 is 1.73 bits per heavy atom. The van der Waals surface area contributed by atoms with Gasteiger partial charge >= 0.3 is 0 Å². The van der Waals surface area contributed by atoms with E-state index in [4.69, 9.17) is 0 Å². The lowest BCUT2D eigenvalue weighted by Crippen LogP contribution is -1.98. The van der Waals surface area contributed by atoms with Crippen molar-refractivity contribution in [2.75, 3.05) is 0 Å². The van der Waals surface area contributed by atoms with E-state index in [-0.39, 0.29) is 5.82 Å². The van der Waals surface area contributed by atoms with Gasteiger partial charge in [0.15, 0.2) is 0 Å². The molecule has 1 aromatic heterocycles. The van der Waals surface area contributed by atoms with Gasteiger partial charge in [-0.3, -0.25) is 0 Å². The third-order valence-corrected chi connectivity index (χ3v) is 3.74. The van der Waals surface area contributed by atoms with Crippen LogP contribution in [0.2, 0.25) is 0 Å². The first kappa shape index (κ1) is 14.5. The second-order valence-corrected chi connectivity index (χ2v) is 5.19. The molecule has 3 heteroatoms. The summed E-state index contributed by atoms with van der Waals surface area (Å²) in [6.07, 6.45) is 3.62. The van der Waals surface area contributed by atoms with Crippen LogP contribution in [0, 0.1) is 12.7 Å². The zero-order valence-electron chi connectivity index (χ0n) is 12.6. The summed E-state index contributed by atoms with van der Waals surface area (Å²) in [6, 6.07) is 14.8. The molecule has 0 fully saturated rings. The zero-order chi connectivity index (χ0) is 15.5.